The molecular formula is C13H14F3NO4S. The highest BCUT2D eigenvalue weighted by Gasteiger charge is 2.31. The SMILES string of the molecule is O=C(C[C@H]1CCS(=O)(=O)C1)Nc1ccc(OC(F)(F)F)cc1. The molecule has 9 heteroatoms. The van der Waals surface area contributed by atoms with Crippen molar-refractivity contribution in [2.45, 2.75) is 19.2 Å². The number of benzene rings is 1. The van der Waals surface area contributed by atoms with E-state index in [0.717, 1.165) is 12.1 Å². The van der Waals surface area contributed by atoms with E-state index in [0.29, 0.717) is 12.1 Å². The lowest BCUT2D eigenvalue weighted by Crippen LogP contribution is -2.18. The Morgan fingerprint density at radius 3 is 2.41 bits per heavy atom. The molecule has 0 radical (unpaired) electrons. The van der Waals surface area contributed by atoms with Gasteiger partial charge in [0, 0.05) is 12.1 Å². The Labute approximate surface area is 125 Å². The Balaban J connectivity index is 1.87. The summed E-state index contributed by atoms with van der Waals surface area (Å²) in [5.74, 6) is -0.871. The lowest BCUT2D eigenvalue weighted by atomic mass is 10.1. The molecule has 22 heavy (non-hydrogen) atoms. The van der Waals surface area contributed by atoms with Crippen LogP contribution in [0.4, 0.5) is 18.9 Å². The van der Waals surface area contributed by atoms with Crippen molar-refractivity contribution in [3.63, 3.8) is 0 Å². The van der Waals surface area contributed by atoms with E-state index in [1.54, 1.807) is 0 Å². The second-order valence-corrected chi connectivity index (χ2v) is 7.32. The second-order valence-electron chi connectivity index (χ2n) is 5.09. The molecule has 1 amide bonds. The van der Waals surface area contributed by atoms with E-state index in [2.05, 4.69) is 10.1 Å². The van der Waals surface area contributed by atoms with Gasteiger partial charge in [0.1, 0.15) is 5.75 Å². The highest BCUT2D eigenvalue weighted by Crippen LogP contribution is 2.25. The molecule has 0 saturated carbocycles. The standard InChI is InChI=1S/C13H14F3NO4S/c14-13(15,16)21-11-3-1-10(2-4-11)17-12(18)7-9-5-6-22(19,20)8-9/h1-4,9H,5-8H2,(H,17,18)/t9-/m1/s1. The van der Waals surface area contributed by atoms with Crippen LogP contribution in [0, 0.1) is 5.92 Å². The van der Waals surface area contributed by atoms with Crippen molar-refractivity contribution in [3.05, 3.63) is 24.3 Å². The quantitative estimate of drug-likeness (QED) is 0.915. The van der Waals surface area contributed by atoms with Gasteiger partial charge in [0.25, 0.3) is 0 Å². The first-order valence-electron chi connectivity index (χ1n) is 6.49. The number of sulfone groups is 1. The van der Waals surface area contributed by atoms with Crippen molar-refractivity contribution >= 4 is 21.4 Å². The Bertz CT molecular complexity index is 640. The molecule has 2 rings (SSSR count). The number of hydrogen-bond acceptors (Lipinski definition) is 4. The van der Waals surface area contributed by atoms with Crippen molar-refractivity contribution in [3.8, 4) is 5.75 Å². The van der Waals surface area contributed by atoms with Crippen LogP contribution < -0.4 is 10.1 Å². The minimum Gasteiger partial charge on any atom is -0.406 e. The van der Waals surface area contributed by atoms with Gasteiger partial charge in [-0.3, -0.25) is 4.79 Å². The summed E-state index contributed by atoms with van der Waals surface area (Å²) >= 11 is 0. The molecule has 0 spiro atoms. The van der Waals surface area contributed by atoms with Crippen molar-refractivity contribution in [1.82, 2.24) is 0 Å². The summed E-state index contributed by atoms with van der Waals surface area (Å²) in [5.41, 5.74) is 0.320. The molecule has 1 aliphatic heterocycles. The van der Waals surface area contributed by atoms with Gasteiger partial charge in [-0.25, -0.2) is 8.42 Å². The van der Waals surface area contributed by atoms with Crippen molar-refractivity contribution in [1.29, 1.82) is 0 Å². The maximum Gasteiger partial charge on any atom is 0.573 e. The second kappa shape index (κ2) is 6.15. The van der Waals surface area contributed by atoms with Crippen LogP contribution in [-0.4, -0.2) is 32.2 Å². The number of nitrogens with one attached hydrogen (secondary N) is 1. The molecule has 1 atom stereocenters. The summed E-state index contributed by atoms with van der Waals surface area (Å²) in [6.07, 6.45) is -4.24. The summed E-state index contributed by atoms with van der Waals surface area (Å²) in [6.45, 7) is 0. The van der Waals surface area contributed by atoms with Gasteiger partial charge >= 0.3 is 6.36 Å². The normalized spacial score (nSPS) is 20.6. The maximum atomic E-state index is 12.0. The van der Waals surface area contributed by atoms with Crippen molar-refractivity contribution in [2.24, 2.45) is 5.92 Å². The molecule has 0 aliphatic carbocycles. The molecule has 122 valence electrons. The summed E-state index contributed by atoms with van der Waals surface area (Å²) in [6, 6.07) is 4.74. The summed E-state index contributed by atoms with van der Waals surface area (Å²) in [5, 5.41) is 2.52. The van der Waals surface area contributed by atoms with Crippen LogP contribution in [0.15, 0.2) is 24.3 Å². The van der Waals surface area contributed by atoms with Crippen LogP contribution in [-0.2, 0) is 14.6 Å². The number of carbonyl (C=O) groups is 1. The fourth-order valence-electron chi connectivity index (χ4n) is 2.25. The zero-order valence-corrected chi connectivity index (χ0v) is 12.2. The van der Waals surface area contributed by atoms with E-state index in [9.17, 15) is 26.4 Å². The minimum atomic E-state index is -4.77. The molecule has 1 saturated heterocycles. The van der Waals surface area contributed by atoms with E-state index >= 15 is 0 Å². The highest BCUT2D eigenvalue weighted by molar-refractivity contribution is 7.91. The van der Waals surface area contributed by atoms with Gasteiger partial charge in [-0.1, -0.05) is 0 Å². The lowest BCUT2D eigenvalue weighted by Gasteiger charge is -2.11. The van der Waals surface area contributed by atoms with Crippen LogP contribution in [0.3, 0.4) is 0 Å². The highest BCUT2D eigenvalue weighted by atomic mass is 32.2. The zero-order valence-electron chi connectivity index (χ0n) is 11.4. The van der Waals surface area contributed by atoms with Gasteiger partial charge < -0.3 is 10.1 Å². The van der Waals surface area contributed by atoms with Crippen LogP contribution >= 0.6 is 0 Å². The molecule has 1 aromatic rings. The van der Waals surface area contributed by atoms with Crippen LogP contribution in [0.2, 0.25) is 0 Å². The van der Waals surface area contributed by atoms with Gasteiger partial charge in [0.05, 0.1) is 11.5 Å². The predicted molar refractivity (Wildman–Crippen MR) is 73.1 cm³/mol. The van der Waals surface area contributed by atoms with Gasteiger partial charge in [-0.2, -0.15) is 0 Å². The van der Waals surface area contributed by atoms with Gasteiger partial charge in [0.15, 0.2) is 9.84 Å². The van der Waals surface area contributed by atoms with Gasteiger partial charge in [-0.15, -0.1) is 13.2 Å². The Morgan fingerprint density at radius 2 is 1.91 bits per heavy atom. The molecule has 1 aromatic carbocycles. The van der Waals surface area contributed by atoms with E-state index in [4.69, 9.17) is 0 Å². The van der Waals surface area contributed by atoms with Gasteiger partial charge in [-0.05, 0) is 36.6 Å². The van der Waals surface area contributed by atoms with Crippen LogP contribution in [0.1, 0.15) is 12.8 Å². The molecule has 1 aliphatic rings. The number of rotatable bonds is 4. The molecule has 0 bridgehead atoms. The molecule has 5 nitrogen and oxygen atoms in total. The first-order chi connectivity index (χ1) is 10.1. The third kappa shape index (κ3) is 5.21. The largest absolute Gasteiger partial charge is 0.573 e. The van der Waals surface area contributed by atoms with Crippen LogP contribution in [0.25, 0.3) is 0 Å². The molecule has 1 fully saturated rings. The fourth-order valence-corrected chi connectivity index (χ4v) is 4.11. The predicted octanol–water partition coefficient (Wildman–Crippen LogP) is 2.35. The third-order valence-electron chi connectivity index (χ3n) is 3.17. The third-order valence-corrected chi connectivity index (χ3v) is 5.01. The molecule has 1 heterocycles. The number of ether oxygens (including phenoxy) is 1. The molecule has 1 N–H and O–H groups in total. The van der Waals surface area contributed by atoms with Gasteiger partial charge in [0.2, 0.25) is 5.91 Å². The Hall–Kier alpha value is -1.77. The number of alkyl halides is 3. The monoisotopic (exact) mass is 337 g/mol. The number of halogens is 3. The molecule has 0 unspecified atom stereocenters. The first-order valence-corrected chi connectivity index (χ1v) is 8.31. The van der Waals surface area contributed by atoms with E-state index in [1.807, 2.05) is 0 Å². The van der Waals surface area contributed by atoms with Crippen molar-refractivity contribution in [2.75, 3.05) is 16.8 Å². The Kier molecular flexibility index (Phi) is 4.64. The zero-order chi connectivity index (χ0) is 16.4. The lowest BCUT2D eigenvalue weighted by molar-refractivity contribution is -0.274. The average Bonchev–Trinajstić information content (AvgIpc) is 2.69. The number of amides is 1. The number of anilines is 1. The summed E-state index contributed by atoms with van der Waals surface area (Å²) in [7, 11) is -3.04. The average molecular weight is 337 g/mol. The molecular weight excluding hydrogens is 323 g/mol. The number of hydrogen-bond donors (Lipinski definition) is 1. The Morgan fingerprint density at radius 1 is 1.27 bits per heavy atom. The topological polar surface area (TPSA) is 72.5 Å². The van der Waals surface area contributed by atoms with Crippen LogP contribution in [0.5, 0.6) is 5.75 Å². The summed E-state index contributed by atoms with van der Waals surface area (Å²) in [4.78, 5) is 11.8. The fraction of sp³-hybridized carbons (Fsp3) is 0.462. The first kappa shape index (κ1) is 16.6. The van der Waals surface area contributed by atoms with E-state index < -0.39 is 16.2 Å². The number of carbonyl (C=O) groups excluding carboxylic acids is 1. The maximum absolute atomic E-state index is 12.0. The molecule has 0 aromatic heterocycles. The van der Waals surface area contributed by atoms with E-state index in [1.165, 1.54) is 12.1 Å². The summed E-state index contributed by atoms with van der Waals surface area (Å²) < 4.78 is 62.3. The smallest absolute Gasteiger partial charge is 0.406 e. The van der Waals surface area contributed by atoms with E-state index in [-0.39, 0.29) is 35.5 Å². The minimum absolute atomic E-state index is 0.00121. The van der Waals surface area contributed by atoms with Crippen molar-refractivity contribution < 1.29 is 31.1 Å².